The number of nitrogens with zero attached hydrogens (tertiary/aromatic N) is 1. The van der Waals surface area contributed by atoms with Crippen molar-refractivity contribution in [2.75, 3.05) is 19.6 Å². The third-order valence-corrected chi connectivity index (χ3v) is 2.98. The molecule has 1 saturated heterocycles. The van der Waals surface area contributed by atoms with Crippen molar-refractivity contribution in [2.24, 2.45) is 11.8 Å². The van der Waals surface area contributed by atoms with Crippen LogP contribution in [-0.4, -0.2) is 30.8 Å². The average Bonchev–Trinajstić information content (AvgIpc) is 2.07. The van der Waals surface area contributed by atoms with E-state index in [0.29, 0.717) is 6.42 Å². The maximum Gasteiger partial charge on any atom is 0.121 e. The van der Waals surface area contributed by atoms with Crippen LogP contribution in [0.1, 0.15) is 26.7 Å². The first-order valence-corrected chi connectivity index (χ1v) is 4.90. The minimum Gasteiger partial charge on any atom is -0.303 e. The summed E-state index contributed by atoms with van der Waals surface area (Å²) in [5.74, 6) is 1.66. The number of hydrogen-bond acceptors (Lipinski definition) is 2. The lowest BCUT2D eigenvalue weighted by Crippen LogP contribution is -2.38. The molecule has 2 unspecified atom stereocenters. The summed E-state index contributed by atoms with van der Waals surface area (Å²) in [7, 11) is 0. The normalized spacial score (nSPS) is 31.8. The molecular formula is C10H19NO. The van der Waals surface area contributed by atoms with Gasteiger partial charge in [0.2, 0.25) is 0 Å². The van der Waals surface area contributed by atoms with E-state index < -0.39 is 0 Å². The van der Waals surface area contributed by atoms with Crippen LogP contribution in [0.25, 0.3) is 0 Å². The Balaban J connectivity index is 2.25. The molecule has 0 aliphatic carbocycles. The summed E-state index contributed by atoms with van der Waals surface area (Å²) >= 11 is 0. The first-order chi connectivity index (χ1) is 5.74. The molecule has 0 aromatic rings. The highest BCUT2D eigenvalue weighted by molar-refractivity contribution is 5.49. The predicted octanol–water partition coefficient (Wildman–Crippen LogP) is 1.55. The molecule has 0 spiro atoms. The Morgan fingerprint density at radius 2 is 2.17 bits per heavy atom. The summed E-state index contributed by atoms with van der Waals surface area (Å²) in [6, 6.07) is 0. The molecule has 70 valence electrons. The number of piperidine rings is 1. The largest absolute Gasteiger partial charge is 0.303 e. The van der Waals surface area contributed by atoms with Gasteiger partial charge in [-0.1, -0.05) is 13.8 Å². The molecule has 2 atom stereocenters. The van der Waals surface area contributed by atoms with E-state index in [1.165, 1.54) is 19.5 Å². The van der Waals surface area contributed by atoms with Crippen LogP contribution in [0.4, 0.5) is 0 Å². The van der Waals surface area contributed by atoms with Gasteiger partial charge in [0.1, 0.15) is 6.29 Å². The minimum atomic E-state index is 0.696. The molecule has 0 bridgehead atoms. The highest BCUT2D eigenvalue weighted by atomic mass is 16.1. The summed E-state index contributed by atoms with van der Waals surface area (Å²) < 4.78 is 0. The average molecular weight is 169 g/mol. The lowest BCUT2D eigenvalue weighted by atomic mass is 9.89. The van der Waals surface area contributed by atoms with Crippen molar-refractivity contribution in [2.45, 2.75) is 26.7 Å². The van der Waals surface area contributed by atoms with E-state index in [2.05, 4.69) is 18.7 Å². The van der Waals surface area contributed by atoms with Crippen LogP contribution >= 0.6 is 0 Å². The molecule has 1 aliphatic rings. The second-order valence-electron chi connectivity index (χ2n) is 4.00. The molecule has 1 rings (SSSR count). The zero-order valence-corrected chi connectivity index (χ0v) is 8.12. The van der Waals surface area contributed by atoms with Crippen molar-refractivity contribution in [1.82, 2.24) is 4.90 Å². The maximum absolute atomic E-state index is 10.2. The highest BCUT2D eigenvalue weighted by Crippen LogP contribution is 2.21. The first-order valence-electron chi connectivity index (χ1n) is 4.90. The Bertz CT molecular complexity index is 147. The van der Waals surface area contributed by atoms with Gasteiger partial charge in [-0.2, -0.15) is 0 Å². The molecule has 0 aromatic heterocycles. The number of rotatable bonds is 3. The van der Waals surface area contributed by atoms with Crippen molar-refractivity contribution >= 4 is 6.29 Å². The summed E-state index contributed by atoms with van der Waals surface area (Å²) in [4.78, 5) is 12.6. The molecule has 0 N–H and O–H groups in total. The van der Waals surface area contributed by atoms with Gasteiger partial charge < -0.3 is 9.69 Å². The van der Waals surface area contributed by atoms with E-state index in [9.17, 15) is 4.79 Å². The zero-order chi connectivity index (χ0) is 8.97. The fraction of sp³-hybridized carbons (Fsp3) is 0.900. The zero-order valence-electron chi connectivity index (χ0n) is 8.12. The number of hydrogen-bond donors (Lipinski definition) is 0. The lowest BCUT2D eigenvalue weighted by molar-refractivity contribution is -0.108. The SMILES string of the molecule is CC1CCN(CCC=O)CC1C. The smallest absolute Gasteiger partial charge is 0.121 e. The van der Waals surface area contributed by atoms with Crippen LogP contribution in [0.2, 0.25) is 0 Å². The molecule has 0 radical (unpaired) electrons. The summed E-state index contributed by atoms with van der Waals surface area (Å²) in [6.45, 7) is 7.94. The maximum atomic E-state index is 10.2. The van der Waals surface area contributed by atoms with Gasteiger partial charge in [0.05, 0.1) is 0 Å². The van der Waals surface area contributed by atoms with Crippen molar-refractivity contribution in [1.29, 1.82) is 0 Å². The van der Waals surface area contributed by atoms with Crippen LogP contribution in [0.5, 0.6) is 0 Å². The number of likely N-dealkylation sites (tertiary alicyclic amines) is 1. The van der Waals surface area contributed by atoms with Crippen molar-refractivity contribution in [3.8, 4) is 0 Å². The Hall–Kier alpha value is -0.370. The molecule has 1 fully saturated rings. The molecule has 0 amide bonds. The molecule has 0 saturated carbocycles. The number of carbonyl (C=O) groups excluding carboxylic acids is 1. The van der Waals surface area contributed by atoms with Crippen molar-refractivity contribution in [3.63, 3.8) is 0 Å². The van der Waals surface area contributed by atoms with E-state index in [-0.39, 0.29) is 0 Å². The second kappa shape index (κ2) is 4.61. The Labute approximate surface area is 74.9 Å². The van der Waals surface area contributed by atoms with Crippen molar-refractivity contribution in [3.05, 3.63) is 0 Å². The van der Waals surface area contributed by atoms with E-state index in [0.717, 1.165) is 24.7 Å². The van der Waals surface area contributed by atoms with Gasteiger partial charge in [0.15, 0.2) is 0 Å². The molecule has 1 heterocycles. The third-order valence-electron chi connectivity index (χ3n) is 2.98. The Kier molecular flexibility index (Phi) is 3.73. The Morgan fingerprint density at radius 1 is 1.42 bits per heavy atom. The number of carbonyl (C=O) groups is 1. The minimum absolute atomic E-state index is 0.696. The molecule has 0 aromatic carbocycles. The van der Waals surface area contributed by atoms with Crippen molar-refractivity contribution < 1.29 is 4.79 Å². The fourth-order valence-corrected chi connectivity index (χ4v) is 1.79. The van der Waals surface area contributed by atoms with E-state index in [4.69, 9.17) is 0 Å². The van der Waals surface area contributed by atoms with E-state index in [1.807, 2.05) is 0 Å². The summed E-state index contributed by atoms with van der Waals surface area (Å²) in [5, 5.41) is 0. The highest BCUT2D eigenvalue weighted by Gasteiger charge is 2.21. The van der Waals surface area contributed by atoms with Gasteiger partial charge in [0.25, 0.3) is 0 Å². The standard InChI is InChI=1S/C10H19NO/c1-9-4-6-11(5-3-7-12)8-10(9)2/h7,9-10H,3-6,8H2,1-2H3. The fourth-order valence-electron chi connectivity index (χ4n) is 1.79. The van der Waals surface area contributed by atoms with Crippen LogP contribution in [0.3, 0.4) is 0 Å². The monoisotopic (exact) mass is 169 g/mol. The van der Waals surface area contributed by atoms with Gasteiger partial charge in [0, 0.05) is 19.5 Å². The topological polar surface area (TPSA) is 20.3 Å². The molecular weight excluding hydrogens is 150 g/mol. The molecule has 1 aliphatic heterocycles. The number of aldehydes is 1. The van der Waals surface area contributed by atoms with E-state index >= 15 is 0 Å². The van der Waals surface area contributed by atoms with Crippen LogP contribution in [-0.2, 0) is 4.79 Å². The third kappa shape index (κ3) is 2.59. The van der Waals surface area contributed by atoms with Gasteiger partial charge in [-0.05, 0) is 24.8 Å². The van der Waals surface area contributed by atoms with Gasteiger partial charge in [-0.3, -0.25) is 0 Å². The van der Waals surface area contributed by atoms with Gasteiger partial charge >= 0.3 is 0 Å². The van der Waals surface area contributed by atoms with E-state index in [1.54, 1.807) is 0 Å². The predicted molar refractivity (Wildman–Crippen MR) is 50.1 cm³/mol. The van der Waals surface area contributed by atoms with Gasteiger partial charge in [-0.15, -0.1) is 0 Å². The van der Waals surface area contributed by atoms with Crippen LogP contribution < -0.4 is 0 Å². The van der Waals surface area contributed by atoms with Gasteiger partial charge in [-0.25, -0.2) is 0 Å². The Morgan fingerprint density at radius 3 is 2.75 bits per heavy atom. The second-order valence-corrected chi connectivity index (χ2v) is 4.00. The molecule has 2 heteroatoms. The first kappa shape index (κ1) is 9.72. The summed E-state index contributed by atoms with van der Waals surface area (Å²) in [6.07, 6.45) is 3.00. The lowest BCUT2D eigenvalue weighted by Gasteiger charge is -2.34. The quantitative estimate of drug-likeness (QED) is 0.597. The molecule has 12 heavy (non-hydrogen) atoms. The van der Waals surface area contributed by atoms with Crippen LogP contribution in [0, 0.1) is 11.8 Å². The summed E-state index contributed by atoms with van der Waals surface area (Å²) in [5.41, 5.74) is 0. The molecule has 2 nitrogen and oxygen atoms in total. The van der Waals surface area contributed by atoms with Crippen LogP contribution in [0.15, 0.2) is 0 Å².